The average Bonchev–Trinajstić information content (AvgIpc) is 2.32. The number of benzene rings is 1. The van der Waals surface area contributed by atoms with E-state index in [-0.39, 0.29) is 5.82 Å². The van der Waals surface area contributed by atoms with Gasteiger partial charge in [0, 0.05) is 11.3 Å². The highest BCUT2D eigenvalue weighted by Crippen LogP contribution is 2.20. The number of rotatable bonds is 2. The van der Waals surface area contributed by atoms with Crippen LogP contribution in [0, 0.1) is 20.8 Å². The van der Waals surface area contributed by atoms with E-state index in [0.29, 0.717) is 6.29 Å². The first-order valence-corrected chi connectivity index (χ1v) is 5.48. The second-order valence-electron chi connectivity index (χ2n) is 4.17. The molecule has 3 nitrogen and oxygen atoms in total. The third-order valence-electron chi connectivity index (χ3n) is 2.78. The molecule has 2 rings (SSSR count). The summed E-state index contributed by atoms with van der Waals surface area (Å²) in [6.07, 6.45) is 0.678. The predicted molar refractivity (Wildman–Crippen MR) is 67.1 cm³/mol. The van der Waals surface area contributed by atoms with Gasteiger partial charge in [0.05, 0.1) is 5.69 Å². The highest BCUT2D eigenvalue weighted by atomic mass is 16.1. The number of nitrogens with zero attached hydrogens (tertiary/aromatic N) is 2. The maximum absolute atomic E-state index is 10.7. The van der Waals surface area contributed by atoms with Gasteiger partial charge < -0.3 is 0 Å². The van der Waals surface area contributed by atoms with Crippen LogP contribution in [-0.2, 0) is 0 Å². The van der Waals surface area contributed by atoms with Gasteiger partial charge >= 0.3 is 0 Å². The molecule has 0 saturated carbocycles. The first kappa shape index (κ1) is 11.5. The zero-order valence-corrected chi connectivity index (χ0v) is 10.2. The molecule has 0 atom stereocenters. The van der Waals surface area contributed by atoms with Crippen molar-refractivity contribution in [1.82, 2.24) is 9.97 Å². The molecule has 0 unspecified atom stereocenters. The molecule has 0 saturated heterocycles. The minimum absolute atomic E-state index is 0.234. The van der Waals surface area contributed by atoms with Crippen LogP contribution in [0.2, 0.25) is 0 Å². The second kappa shape index (κ2) is 4.45. The molecule has 0 amide bonds. The fraction of sp³-hybridized carbons (Fsp3) is 0.214. The van der Waals surface area contributed by atoms with Crippen molar-refractivity contribution in [2.24, 2.45) is 0 Å². The largest absolute Gasteiger partial charge is 0.294 e. The van der Waals surface area contributed by atoms with Crippen LogP contribution in [0.25, 0.3) is 11.3 Å². The van der Waals surface area contributed by atoms with Gasteiger partial charge in [0.25, 0.3) is 0 Å². The summed E-state index contributed by atoms with van der Waals surface area (Å²) < 4.78 is 0. The fourth-order valence-electron chi connectivity index (χ4n) is 1.69. The van der Waals surface area contributed by atoms with E-state index < -0.39 is 0 Å². The minimum atomic E-state index is 0.234. The van der Waals surface area contributed by atoms with E-state index in [2.05, 4.69) is 35.9 Å². The summed E-state index contributed by atoms with van der Waals surface area (Å²) in [5, 5.41) is 0. The molecule has 3 heteroatoms. The van der Waals surface area contributed by atoms with Crippen molar-refractivity contribution in [3.05, 3.63) is 46.9 Å². The van der Waals surface area contributed by atoms with Crippen LogP contribution in [0.5, 0.6) is 0 Å². The first-order valence-electron chi connectivity index (χ1n) is 5.48. The molecule has 0 aliphatic heterocycles. The van der Waals surface area contributed by atoms with Crippen LogP contribution >= 0.6 is 0 Å². The highest BCUT2D eigenvalue weighted by molar-refractivity contribution is 5.71. The Morgan fingerprint density at radius 1 is 1.00 bits per heavy atom. The Morgan fingerprint density at radius 3 is 2.41 bits per heavy atom. The lowest BCUT2D eigenvalue weighted by Gasteiger charge is -2.06. The van der Waals surface area contributed by atoms with E-state index in [9.17, 15) is 4.79 Å². The van der Waals surface area contributed by atoms with Gasteiger partial charge in [-0.25, -0.2) is 9.97 Å². The summed E-state index contributed by atoms with van der Waals surface area (Å²) in [5.74, 6) is 0.234. The number of carbonyl (C=O) groups is 1. The average molecular weight is 226 g/mol. The molecule has 17 heavy (non-hydrogen) atoms. The van der Waals surface area contributed by atoms with Gasteiger partial charge in [0.2, 0.25) is 0 Å². The molecule has 1 heterocycles. The Bertz CT molecular complexity index is 576. The summed E-state index contributed by atoms with van der Waals surface area (Å²) in [4.78, 5) is 19.0. The highest BCUT2D eigenvalue weighted by Gasteiger charge is 2.05. The van der Waals surface area contributed by atoms with Gasteiger partial charge in [-0.05, 0) is 44.0 Å². The van der Waals surface area contributed by atoms with Gasteiger partial charge in [0.15, 0.2) is 12.1 Å². The van der Waals surface area contributed by atoms with Gasteiger partial charge in [-0.3, -0.25) is 4.79 Å². The second-order valence-corrected chi connectivity index (χ2v) is 4.17. The lowest BCUT2D eigenvalue weighted by Crippen LogP contribution is -1.97. The zero-order chi connectivity index (χ0) is 12.4. The number of hydrogen-bond acceptors (Lipinski definition) is 3. The molecule has 1 aromatic carbocycles. The molecule has 2 aromatic rings. The molecule has 0 N–H and O–H groups in total. The van der Waals surface area contributed by atoms with Crippen molar-refractivity contribution >= 4 is 6.29 Å². The normalized spacial score (nSPS) is 10.3. The Kier molecular flexibility index (Phi) is 3.00. The third-order valence-corrected chi connectivity index (χ3v) is 2.78. The summed E-state index contributed by atoms with van der Waals surface area (Å²) in [5.41, 5.74) is 5.07. The maximum Gasteiger partial charge on any atom is 0.193 e. The molecule has 1 aromatic heterocycles. The third kappa shape index (κ3) is 2.38. The summed E-state index contributed by atoms with van der Waals surface area (Å²) in [6, 6.07) is 8.03. The van der Waals surface area contributed by atoms with Crippen LogP contribution in [0.1, 0.15) is 27.4 Å². The van der Waals surface area contributed by atoms with Crippen LogP contribution in [0.15, 0.2) is 24.3 Å². The summed E-state index contributed by atoms with van der Waals surface area (Å²) in [7, 11) is 0. The Balaban J connectivity index is 2.55. The first-order chi connectivity index (χ1) is 8.10. The molecule has 0 spiro atoms. The van der Waals surface area contributed by atoms with Crippen molar-refractivity contribution in [2.45, 2.75) is 20.8 Å². The number of aromatic nitrogens is 2. The van der Waals surface area contributed by atoms with E-state index in [1.807, 2.05) is 19.1 Å². The molecule has 0 aliphatic rings. The monoisotopic (exact) mass is 226 g/mol. The number of aldehydes is 1. The lowest BCUT2D eigenvalue weighted by atomic mass is 10.0. The Labute approximate surface area is 101 Å². The predicted octanol–water partition coefficient (Wildman–Crippen LogP) is 2.88. The molecule has 0 fully saturated rings. The summed E-state index contributed by atoms with van der Waals surface area (Å²) in [6.45, 7) is 5.99. The van der Waals surface area contributed by atoms with Gasteiger partial charge in [-0.2, -0.15) is 0 Å². The van der Waals surface area contributed by atoms with Gasteiger partial charge in [-0.15, -0.1) is 0 Å². The van der Waals surface area contributed by atoms with Gasteiger partial charge in [0.1, 0.15) is 0 Å². The molecule has 0 bridgehead atoms. The van der Waals surface area contributed by atoms with Crippen molar-refractivity contribution in [3.8, 4) is 11.3 Å². The SMILES string of the molecule is Cc1cc(-c2ccc(C)c(C)c2)nc(C=O)n1. The quantitative estimate of drug-likeness (QED) is 0.739. The molecular formula is C14H14N2O. The lowest BCUT2D eigenvalue weighted by molar-refractivity contribution is 0.111. The van der Waals surface area contributed by atoms with E-state index in [4.69, 9.17) is 0 Å². The van der Waals surface area contributed by atoms with Crippen LogP contribution in [-0.4, -0.2) is 16.3 Å². The standard InChI is InChI=1S/C14H14N2O/c1-9-4-5-12(6-10(9)2)13-7-11(3)15-14(8-17)16-13/h4-8H,1-3H3. The minimum Gasteiger partial charge on any atom is -0.294 e. The van der Waals surface area contributed by atoms with Crippen molar-refractivity contribution in [1.29, 1.82) is 0 Å². The van der Waals surface area contributed by atoms with Crippen LogP contribution < -0.4 is 0 Å². The Hall–Kier alpha value is -2.03. The van der Waals surface area contributed by atoms with Crippen molar-refractivity contribution < 1.29 is 4.79 Å². The topological polar surface area (TPSA) is 42.9 Å². The van der Waals surface area contributed by atoms with Gasteiger partial charge in [-0.1, -0.05) is 12.1 Å². The Morgan fingerprint density at radius 2 is 1.76 bits per heavy atom. The summed E-state index contributed by atoms with van der Waals surface area (Å²) >= 11 is 0. The van der Waals surface area contributed by atoms with Crippen LogP contribution in [0.4, 0.5) is 0 Å². The molecule has 0 radical (unpaired) electrons. The van der Waals surface area contributed by atoms with Crippen molar-refractivity contribution in [3.63, 3.8) is 0 Å². The van der Waals surface area contributed by atoms with Crippen LogP contribution in [0.3, 0.4) is 0 Å². The number of aryl methyl sites for hydroxylation is 3. The van der Waals surface area contributed by atoms with E-state index >= 15 is 0 Å². The smallest absolute Gasteiger partial charge is 0.193 e. The van der Waals surface area contributed by atoms with E-state index in [1.165, 1.54) is 11.1 Å². The fourth-order valence-corrected chi connectivity index (χ4v) is 1.69. The maximum atomic E-state index is 10.7. The van der Waals surface area contributed by atoms with E-state index in [1.54, 1.807) is 0 Å². The molecule has 86 valence electrons. The van der Waals surface area contributed by atoms with Crippen molar-refractivity contribution in [2.75, 3.05) is 0 Å². The molecule has 0 aliphatic carbocycles. The van der Waals surface area contributed by atoms with E-state index in [0.717, 1.165) is 17.0 Å². The zero-order valence-electron chi connectivity index (χ0n) is 10.2. The number of carbonyl (C=O) groups excluding carboxylic acids is 1. The number of hydrogen-bond donors (Lipinski definition) is 0. The molecular weight excluding hydrogens is 212 g/mol.